The summed E-state index contributed by atoms with van der Waals surface area (Å²) in [6, 6.07) is 3.56. The molecule has 86 valence electrons. The standard InChI is InChI=1S/C9H9N7O/c10-8(7-9(11)16-17-15-7)14-13-5-6-1-3-12-4-2-6/h1-5H,(H2,10,14)(H2,11,16)/b13-5-. The van der Waals surface area contributed by atoms with E-state index in [9.17, 15) is 0 Å². The number of nitrogens with two attached hydrogens (primary N) is 2. The van der Waals surface area contributed by atoms with Gasteiger partial charge in [-0.1, -0.05) is 0 Å². The molecule has 0 saturated carbocycles. The monoisotopic (exact) mass is 231 g/mol. The van der Waals surface area contributed by atoms with Gasteiger partial charge in [0.15, 0.2) is 17.3 Å². The van der Waals surface area contributed by atoms with Crippen LogP contribution in [0.25, 0.3) is 0 Å². The highest BCUT2D eigenvalue weighted by Crippen LogP contribution is 2.03. The van der Waals surface area contributed by atoms with Gasteiger partial charge in [-0.15, -0.1) is 5.10 Å². The summed E-state index contributed by atoms with van der Waals surface area (Å²) in [4.78, 5) is 3.87. The van der Waals surface area contributed by atoms with Gasteiger partial charge in [0, 0.05) is 12.4 Å². The minimum Gasteiger partial charge on any atom is -0.380 e. The second-order valence-electron chi connectivity index (χ2n) is 3.01. The number of pyridine rings is 1. The first-order valence-corrected chi connectivity index (χ1v) is 4.62. The third-order valence-electron chi connectivity index (χ3n) is 1.83. The van der Waals surface area contributed by atoms with Crippen LogP contribution in [0.4, 0.5) is 5.82 Å². The van der Waals surface area contributed by atoms with Crippen LogP contribution in [0.2, 0.25) is 0 Å². The summed E-state index contributed by atoms with van der Waals surface area (Å²) in [6.45, 7) is 0. The summed E-state index contributed by atoms with van der Waals surface area (Å²) in [7, 11) is 0. The van der Waals surface area contributed by atoms with Gasteiger partial charge in [-0.05, 0) is 28.0 Å². The maximum absolute atomic E-state index is 5.59. The summed E-state index contributed by atoms with van der Waals surface area (Å²) >= 11 is 0. The predicted molar refractivity (Wildman–Crippen MR) is 61.3 cm³/mol. The smallest absolute Gasteiger partial charge is 0.199 e. The molecule has 8 nitrogen and oxygen atoms in total. The fourth-order valence-corrected chi connectivity index (χ4v) is 1.03. The van der Waals surface area contributed by atoms with E-state index in [-0.39, 0.29) is 17.3 Å². The maximum Gasteiger partial charge on any atom is 0.199 e. The van der Waals surface area contributed by atoms with Crippen LogP contribution >= 0.6 is 0 Å². The van der Waals surface area contributed by atoms with Gasteiger partial charge in [-0.3, -0.25) is 4.98 Å². The Morgan fingerprint density at radius 1 is 1.29 bits per heavy atom. The number of rotatable bonds is 3. The van der Waals surface area contributed by atoms with Crippen molar-refractivity contribution >= 4 is 17.9 Å². The summed E-state index contributed by atoms with van der Waals surface area (Å²) in [6.07, 6.45) is 4.82. The normalized spacial score (nSPS) is 12.1. The summed E-state index contributed by atoms with van der Waals surface area (Å²) in [5.74, 6) is 0.111. The summed E-state index contributed by atoms with van der Waals surface area (Å²) in [5, 5.41) is 14.4. The van der Waals surface area contributed by atoms with Crippen molar-refractivity contribution < 1.29 is 4.63 Å². The van der Waals surface area contributed by atoms with Crippen molar-refractivity contribution in [2.45, 2.75) is 0 Å². The second-order valence-corrected chi connectivity index (χ2v) is 3.01. The Bertz CT molecular complexity index is 545. The fourth-order valence-electron chi connectivity index (χ4n) is 1.03. The zero-order valence-electron chi connectivity index (χ0n) is 8.69. The molecule has 0 bridgehead atoms. The van der Waals surface area contributed by atoms with Crippen LogP contribution in [0.1, 0.15) is 11.3 Å². The van der Waals surface area contributed by atoms with Crippen LogP contribution in [-0.2, 0) is 0 Å². The minimum absolute atomic E-state index is 0.0362. The lowest BCUT2D eigenvalue weighted by atomic mass is 10.3. The first-order chi connectivity index (χ1) is 8.27. The van der Waals surface area contributed by atoms with Crippen molar-refractivity contribution in [3.8, 4) is 0 Å². The van der Waals surface area contributed by atoms with E-state index in [4.69, 9.17) is 11.5 Å². The van der Waals surface area contributed by atoms with E-state index in [0.717, 1.165) is 5.56 Å². The highest BCUT2D eigenvalue weighted by atomic mass is 16.6. The van der Waals surface area contributed by atoms with Crippen LogP contribution in [0.15, 0.2) is 39.4 Å². The fraction of sp³-hybridized carbons (Fsp3) is 0. The van der Waals surface area contributed by atoms with Crippen molar-refractivity contribution in [1.29, 1.82) is 0 Å². The molecule has 0 atom stereocenters. The molecule has 0 amide bonds. The average molecular weight is 231 g/mol. The molecule has 0 radical (unpaired) electrons. The molecule has 17 heavy (non-hydrogen) atoms. The van der Waals surface area contributed by atoms with Gasteiger partial charge in [0.25, 0.3) is 0 Å². The van der Waals surface area contributed by atoms with Gasteiger partial charge >= 0.3 is 0 Å². The summed E-state index contributed by atoms with van der Waals surface area (Å²) < 4.78 is 4.39. The number of amidine groups is 1. The lowest BCUT2D eigenvalue weighted by molar-refractivity contribution is 0.308. The van der Waals surface area contributed by atoms with Gasteiger partial charge < -0.3 is 11.5 Å². The molecule has 2 heterocycles. The molecule has 0 unspecified atom stereocenters. The molecule has 2 aromatic rings. The third kappa shape index (κ3) is 2.62. The van der Waals surface area contributed by atoms with Gasteiger partial charge in [-0.25, -0.2) is 4.63 Å². The van der Waals surface area contributed by atoms with Crippen LogP contribution in [0.3, 0.4) is 0 Å². The largest absolute Gasteiger partial charge is 0.380 e. The third-order valence-corrected chi connectivity index (χ3v) is 1.83. The number of anilines is 1. The maximum atomic E-state index is 5.59. The van der Waals surface area contributed by atoms with E-state index >= 15 is 0 Å². The number of aromatic nitrogens is 3. The van der Waals surface area contributed by atoms with Gasteiger partial charge in [0.2, 0.25) is 0 Å². The van der Waals surface area contributed by atoms with Crippen LogP contribution < -0.4 is 11.5 Å². The Balaban J connectivity index is 2.11. The molecule has 0 aliphatic carbocycles. The molecule has 0 fully saturated rings. The molecule has 4 N–H and O–H groups in total. The summed E-state index contributed by atoms with van der Waals surface area (Å²) in [5.41, 5.74) is 12.0. The second kappa shape index (κ2) is 4.84. The van der Waals surface area contributed by atoms with Crippen molar-refractivity contribution in [3.05, 3.63) is 35.8 Å². The Labute approximate surface area is 96.0 Å². The van der Waals surface area contributed by atoms with E-state index in [1.54, 1.807) is 24.5 Å². The highest BCUT2D eigenvalue weighted by molar-refractivity contribution is 5.99. The Morgan fingerprint density at radius 2 is 2.06 bits per heavy atom. The van der Waals surface area contributed by atoms with Crippen molar-refractivity contribution in [3.63, 3.8) is 0 Å². The molecule has 0 saturated heterocycles. The quantitative estimate of drug-likeness (QED) is 0.427. The Kier molecular flexibility index (Phi) is 3.05. The van der Waals surface area contributed by atoms with Gasteiger partial charge in [-0.2, -0.15) is 5.10 Å². The Morgan fingerprint density at radius 3 is 2.71 bits per heavy atom. The lowest BCUT2D eigenvalue weighted by Gasteiger charge is -1.91. The molecule has 0 aliphatic rings. The van der Waals surface area contributed by atoms with Crippen molar-refractivity contribution in [2.24, 2.45) is 15.9 Å². The van der Waals surface area contributed by atoms with Crippen LogP contribution in [0.5, 0.6) is 0 Å². The molecule has 2 rings (SSSR count). The topological polar surface area (TPSA) is 129 Å². The van der Waals surface area contributed by atoms with Crippen LogP contribution in [-0.4, -0.2) is 27.3 Å². The zero-order valence-corrected chi connectivity index (χ0v) is 8.69. The average Bonchev–Trinajstić information content (AvgIpc) is 2.77. The molecule has 0 aliphatic heterocycles. The number of nitrogen functional groups attached to an aromatic ring is 1. The SMILES string of the molecule is NC(=N/N=C\c1ccncc1)c1nonc1N. The van der Waals surface area contributed by atoms with Crippen molar-refractivity contribution in [2.75, 3.05) is 5.73 Å². The molecule has 0 spiro atoms. The first-order valence-electron chi connectivity index (χ1n) is 4.62. The first kappa shape index (κ1) is 10.7. The number of hydrogen-bond donors (Lipinski definition) is 2. The minimum atomic E-state index is 0.0362. The van der Waals surface area contributed by atoms with Crippen molar-refractivity contribution in [1.82, 2.24) is 15.3 Å². The molecule has 0 aromatic carbocycles. The van der Waals surface area contributed by atoms with E-state index in [2.05, 4.69) is 30.1 Å². The lowest BCUT2D eigenvalue weighted by Crippen LogP contribution is -2.15. The molecule has 2 aromatic heterocycles. The van der Waals surface area contributed by atoms with Crippen LogP contribution in [0, 0.1) is 0 Å². The molecular formula is C9H9N7O. The van der Waals surface area contributed by atoms with E-state index in [1.165, 1.54) is 6.21 Å². The number of hydrogen-bond acceptors (Lipinski definition) is 7. The van der Waals surface area contributed by atoms with Gasteiger partial charge in [0.05, 0.1) is 6.21 Å². The van der Waals surface area contributed by atoms with E-state index < -0.39 is 0 Å². The van der Waals surface area contributed by atoms with Gasteiger partial charge in [0.1, 0.15) is 0 Å². The van der Waals surface area contributed by atoms with E-state index in [0.29, 0.717) is 0 Å². The number of nitrogens with zero attached hydrogens (tertiary/aromatic N) is 5. The predicted octanol–water partition coefficient (Wildman–Crippen LogP) is -0.214. The van der Waals surface area contributed by atoms with E-state index in [1.807, 2.05) is 0 Å². The molecule has 8 heteroatoms. The highest BCUT2D eigenvalue weighted by Gasteiger charge is 2.09. The zero-order chi connectivity index (χ0) is 12.1. The molecular weight excluding hydrogens is 222 g/mol. The Hall–Kier alpha value is -2.77.